The van der Waals surface area contributed by atoms with Crippen LogP contribution in [0.2, 0.25) is 0 Å². The van der Waals surface area contributed by atoms with E-state index in [0.717, 1.165) is 38.2 Å². The van der Waals surface area contributed by atoms with Crippen molar-refractivity contribution in [2.45, 2.75) is 31.5 Å². The summed E-state index contributed by atoms with van der Waals surface area (Å²) in [5.41, 5.74) is 3.99. The summed E-state index contributed by atoms with van der Waals surface area (Å²) in [5.74, 6) is -0.230. The molecule has 1 amide bonds. The zero-order valence-corrected chi connectivity index (χ0v) is 16.5. The van der Waals surface area contributed by atoms with Gasteiger partial charge in [0.15, 0.2) is 0 Å². The highest BCUT2D eigenvalue weighted by atomic mass is 16.5. The number of anilines is 1. The number of amides is 1. The average molecular weight is 396 g/mol. The van der Waals surface area contributed by atoms with E-state index < -0.39 is 6.10 Å². The van der Waals surface area contributed by atoms with Crippen LogP contribution in [0.3, 0.4) is 0 Å². The van der Waals surface area contributed by atoms with Gasteiger partial charge in [0.2, 0.25) is 0 Å². The highest BCUT2D eigenvalue weighted by Crippen LogP contribution is 2.18. The number of rotatable bonds is 7. The van der Waals surface area contributed by atoms with E-state index in [4.69, 9.17) is 4.74 Å². The van der Waals surface area contributed by atoms with Gasteiger partial charge in [0, 0.05) is 45.2 Å². The van der Waals surface area contributed by atoms with E-state index in [1.54, 1.807) is 18.5 Å². The number of benzene rings is 1. The minimum Gasteiger partial charge on any atom is -0.390 e. The Kier molecular flexibility index (Phi) is 6.39. The number of ether oxygens (including phenoxy) is 1. The summed E-state index contributed by atoms with van der Waals surface area (Å²) in [5, 5.41) is 16.6. The first-order valence-electron chi connectivity index (χ1n) is 10.2. The number of pyridine rings is 1. The van der Waals surface area contributed by atoms with Crippen molar-refractivity contribution in [3.8, 4) is 0 Å². The molecule has 3 N–H and O–H groups in total. The number of β-amino-alcohol motifs (C(OH)–C–C–N with tert-alkyl or cyclic N) is 1. The maximum atomic E-state index is 12.5. The fraction of sp³-hybridized carbons (Fsp3) is 0.455. The number of aliphatic hydroxyl groups excluding tert-OH is 1. The fourth-order valence-corrected chi connectivity index (χ4v) is 3.91. The van der Waals surface area contributed by atoms with Gasteiger partial charge < -0.3 is 20.5 Å². The number of hydrogen-bond acceptors (Lipinski definition) is 6. The van der Waals surface area contributed by atoms with Crippen LogP contribution in [0.25, 0.3) is 0 Å². The first-order chi connectivity index (χ1) is 14.2. The van der Waals surface area contributed by atoms with Crippen molar-refractivity contribution in [1.29, 1.82) is 0 Å². The van der Waals surface area contributed by atoms with Crippen molar-refractivity contribution in [3.63, 3.8) is 0 Å². The molecule has 0 spiro atoms. The molecule has 1 aromatic heterocycles. The molecule has 1 saturated heterocycles. The second kappa shape index (κ2) is 9.35. The van der Waals surface area contributed by atoms with Gasteiger partial charge in [-0.25, -0.2) is 0 Å². The first kappa shape index (κ1) is 19.8. The van der Waals surface area contributed by atoms with Gasteiger partial charge in [0.25, 0.3) is 5.91 Å². The van der Waals surface area contributed by atoms with Crippen LogP contribution in [-0.4, -0.2) is 65.9 Å². The van der Waals surface area contributed by atoms with E-state index in [9.17, 15) is 9.90 Å². The van der Waals surface area contributed by atoms with Crippen LogP contribution >= 0.6 is 0 Å². The lowest BCUT2D eigenvalue weighted by molar-refractivity contribution is 0.0841. The van der Waals surface area contributed by atoms with Crippen molar-refractivity contribution >= 4 is 11.6 Å². The molecule has 2 aliphatic rings. The highest BCUT2D eigenvalue weighted by molar-refractivity contribution is 5.94. The molecule has 0 bridgehead atoms. The molecule has 2 aliphatic heterocycles. The predicted octanol–water partition coefficient (Wildman–Crippen LogP) is 1.43. The molecule has 1 aromatic carbocycles. The van der Waals surface area contributed by atoms with Gasteiger partial charge in [0.1, 0.15) is 0 Å². The van der Waals surface area contributed by atoms with Gasteiger partial charge in [-0.3, -0.25) is 14.7 Å². The molecule has 7 heteroatoms. The standard InChI is InChI=1S/C22H28N4O3/c27-21(14-26-7-5-16-3-1-2-4-17(16)13-26)12-24-22(28)18-9-20(11-23-10-18)25-19-6-8-29-15-19/h1-4,9-11,19,21,25,27H,5-8,12-15H2,(H,24,28). The third-order valence-corrected chi connectivity index (χ3v) is 5.48. The fourth-order valence-electron chi connectivity index (χ4n) is 3.91. The Bertz CT molecular complexity index is 838. The molecule has 0 aliphatic carbocycles. The third-order valence-electron chi connectivity index (χ3n) is 5.48. The summed E-state index contributed by atoms with van der Waals surface area (Å²) >= 11 is 0. The summed E-state index contributed by atoms with van der Waals surface area (Å²) in [6, 6.07) is 10.5. The molecule has 3 heterocycles. The minimum absolute atomic E-state index is 0.213. The van der Waals surface area contributed by atoms with Crippen LogP contribution in [0.5, 0.6) is 0 Å². The second-order valence-corrected chi connectivity index (χ2v) is 7.78. The van der Waals surface area contributed by atoms with Crippen LogP contribution in [0.4, 0.5) is 5.69 Å². The van der Waals surface area contributed by atoms with Crippen molar-refractivity contribution < 1.29 is 14.6 Å². The van der Waals surface area contributed by atoms with Crippen LogP contribution in [0.15, 0.2) is 42.7 Å². The molecule has 7 nitrogen and oxygen atoms in total. The molecule has 1 fully saturated rings. The number of nitrogens with zero attached hydrogens (tertiary/aromatic N) is 2. The molecule has 0 radical (unpaired) electrons. The molecule has 4 rings (SSSR count). The van der Waals surface area contributed by atoms with Crippen LogP contribution in [-0.2, 0) is 17.7 Å². The van der Waals surface area contributed by atoms with E-state index in [-0.39, 0.29) is 18.5 Å². The van der Waals surface area contributed by atoms with Gasteiger partial charge in [0.05, 0.1) is 30.0 Å². The van der Waals surface area contributed by atoms with E-state index in [2.05, 4.69) is 44.8 Å². The largest absolute Gasteiger partial charge is 0.390 e. The van der Waals surface area contributed by atoms with Crippen LogP contribution < -0.4 is 10.6 Å². The Morgan fingerprint density at radius 1 is 1.31 bits per heavy atom. The zero-order chi connectivity index (χ0) is 20.1. The highest BCUT2D eigenvalue weighted by Gasteiger charge is 2.19. The summed E-state index contributed by atoms with van der Waals surface area (Å²) in [6.07, 6.45) is 4.57. The molecule has 29 heavy (non-hydrogen) atoms. The monoisotopic (exact) mass is 396 g/mol. The number of aromatic nitrogens is 1. The lowest BCUT2D eigenvalue weighted by atomic mass is 10.00. The quantitative estimate of drug-likeness (QED) is 0.656. The Labute approximate surface area is 171 Å². The van der Waals surface area contributed by atoms with Gasteiger partial charge in [-0.1, -0.05) is 24.3 Å². The maximum absolute atomic E-state index is 12.5. The Morgan fingerprint density at radius 2 is 2.17 bits per heavy atom. The van der Waals surface area contributed by atoms with Gasteiger partial charge >= 0.3 is 0 Å². The number of aliphatic hydroxyl groups is 1. The molecule has 154 valence electrons. The summed E-state index contributed by atoms with van der Waals surface area (Å²) < 4.78 is 5.36. The molecular weight excluding hydrogens is 368 g/mol. The minimum atomic E-state index is -0.617. The van der Waals surface area contributed by atoms with Gasteiger partial charge in [-0.15, -0.1) is 0 Å². The summed E-state index contributed by atoms with van der Waals surface area (Å²) in [4.78, 5) is 18.9. The van der Waals surface area contributed by atoms with Crippen LogP contribution in [0.1, 0.15) is 27.9 Å². The lowest BCUT2D eigenvalue weighted by Gasteiger charge is -2.30. The van der Waals surface area contributed by atoms with Crippen molar-refractivity contribution in [3.05, 3.63) is 59.4 Å². The zero-order valence-electron chi connectivity index (χ0n) is 16.5. The molecule has 2 unspecified atom stereocenters. The Hall–Kier alpha value is -2.48. The van der Waals surface area contributed by atoms with Crippen molar-refractivity contribution in [1.82, 2.24) is 15.2 Å². The number of fused-ring (bicyclic) bond motifs is 1. The SMILES string of the molecule is O=C(NCC(O)CN1CCc2ccccc2C1)c1cncc(NC2CCOC2)c1. The first-order valence-corrected chi connectivity index (χ1v) is 10.2. The van der Waals surface area contributed by atoms with E-state index >= 15 is 0 Å². The normalized spacial score (nSPS) is 20.1. The lowest BCUT2D eigenvalue weighted by Crippen LogP contribution is -2.42. The number of nitrogens with one attached hydrogen (secondary N) is 2. The molecule has 2 aromatic rings. The van der Waals surface area contributed by atoms with Gasteiger partial charge in [-0.2, -0.15) is 0 Å². The summed E-state index contributed by atoms with van der Waals surface area (Å²) in [6.45, 7) is 3.94. The maximum Gasteiger partial charge on any atom is 0.253 e. The summed E-state index contributed by atoms with van der Waals surface area (Å²) in [7, 11) is 0. The van der Waals surface area contributed by atoms with E-state index in [1.165, 1.54) is 11.1 Å². The smallest absolute Gasteiger partial charge is 0.253 e. The molecular formula is C22H28N4O3. The van der Waals surface area contributed by atoms with Crippen molar-refractivity contribution in [2.75, 3.05) is 38.2 Å². The van der Waals surface area contributed by atoms with Gasteiger partial charge in [-0.05, 0) is 30.0 Å². The molecule has 0 saturated carbocycles. The van der Waals surface area contributed by atoms with E-state index in [0.29, 0.717) is 18.7 Å². The Morgan fingerprint density at radius 3 is 3.00 bits per heavy atom. The number of hydrogen-bond donors (Lipinski definition) is 3. The number of carbonyl (C=O) groups excluding carboxylic acids is 1. The van der Waals surface area contributed by atoms with E-state index in [1.807, 2.05) is 0 Å². The van der Waals surface area contributed by atoms with Crippen LogP contribution in [0, 0.1) is 0 Å². The van der Waals surface area contributed by atoms with Crippen molar-refractivity contribution in [2.24, 2.45) is 0 Å². The average Bonchev–Trinajstić information content (AvgIpc) is 3.25. The molecule has 2 atom stereocenters. The second-order valence-electron chi connectivity index (χ2n) is 7.78. The third kappa shape index (κ3) is 5.32. The predicted molar refractivity (Wildman–Crippen MR) is 111 cm³/mol. The Balaban J connectivity index is 1.25. The topological polar surface area (TPSA) is 86.7 Å². The number of carbonyl (C=O) groups is 1.